The summed E-state index contributed by atoms with van der Waals surface area (Å²) in [6.07, 6.45) is 3.80. The molecule has 4 rings (SSSR count). The quantitative estimate of drug-likeness (QED) is 0.545. The number of aryl methyl sites for hydroxylation is 3. The first-order valence-corrected chi connectivity index (χ1v) is 9.32. The SMILES string of the molecule is C[C@@H](c1ccccc1)c1cc2c(=O)n(CCc3ncnn3C)cnc2s1. The van der Waals surface area contributed by atoms with Gasteiger partial charge in [-0.2, -0.15) is 5.10 Å². The highest BCUT2D eigenvalue weighted by Gasteiger charge is 2.15. The van der Waals surface area contributed by atoms with Gasteiger partial charge in [0.2, 0.25) is 0 Å². The molecule has 1 aromatic carbocycles. The highest BCUT2D eigenvalue weighted by Crippen LogP contribution is 2.32. The minimum absolute atomic E-state index is 0.0000648. The summed E-state index contributed by atoms with van der Waals surface area (Å²) in [5, 5.41) is 4.75. The van der Waals surface area contributed by atoms with E-state index in [1.54, 1.807) is 26.9 Å². The zero-order chi connectivity index (χ0) is 18.1. The van der Waals surface area contributed by atoms with Crippen LogP contribution in [0.25, 0.3) is 10.2 Å². The van der Waals surface area contributed by atoms with Crippen LogP contribution < -0.4 is 5.56 Å². The van der Waals surface area contributed by atoms with Gasteiger partial charge < -0.3 is 0 Å². The molecule has 132 valence electrons. The molecule has 4 aromatic rings. The van der Waals surface area contributed by atoms with Crippen molar-refractivity contribution in [2.24, 2.45) is 7.05 Å². The Kier molecular flexibility index (Phi) is 4.38. The van der Waals surface area contributed by atoms with Crippen LogP contribution in [-0.4, -0.2) is 24.3 Å². The Balaban J connectivity index is 1.63. The number of fused-ring (bicyclic) bond motifs is 1. The van der Waals surface area contributed by atoms with Crippen LogP contribution in [0.4, 0.5) is 0 Å². The predicted molar refractivity (Wildman–Crippen MR) is 103 cm³/mol. The Morgan fingerprint density at radius 2 is 2.00 bits per heavy atom. The maximum absolute atomic E-state index is 12.8. The molecule has 3 aromatic heterocycles. The van der Waals surface area contributed by atoms with Crippen LogP contribution in [0.15, 0.2) is 53.8 Å². The van der Waals surface area contributed by atoms with Gasteiger partial charge in [0, 0.05) is 30.8 Å². The maximum Gasteiger partial charge on any atom is 0.262 e. The molecular weight excluding hydrogens is 346 g/mol. The fraction of sp³-hybridized carbons (Fsp3) is 0.263. The molecule has 0 aliphatic carbocycles. The van der Waals surface area contributed by atoms with Gasteiger partial charge >= 0.3 is 0 Å². The average Bonchev–Trinajstić information content (AvgIpc) is 3.28. The topological polar surface area (TPSA) is 65.6 Å². The molecule has 0 N–H and O–H groups in total. The molecule has 0 aliphatic heterocycles. The van der Waals surface area contributed by atoms with Crippen LogP contribution in [-0.2, 0) is 20.0 Å². The monoisotopic (exact) mass is 365 g/mol. The van der Waals surface area contributed by atoms with E-state index in [0.717, 1.165) is 15.5 Å². The van der Waals surface area contributed by atoms with Gasteiger partial charge in [0.15, 0.2) is 0 Å². The highest BCUT2D eigenvalue weighted by molar-refractivity contribution is 7.18. The first-order chi connectivity index (χ1) is 12.6. The standard InChI is InChI=1S/C19H19N5OS/c1-13(14-6-4-3-5-7-14)16-10-15-18(26-16)21-12-24(19(15)25)9-8-17-20-11-22-23(17)2/h3-7,10-13H,8-9H2,1-2H3/t13-/m0/s1. The number of benzene rings is 1. The lowest BCUT2D eigenvalue weighted by molar-refractivity contribution is 0.609. The predicted octanol–water partition coefficient (Wildman–Crippen LogP) is 2.98. The smallest absolute Gasteiger partial charge is 0.262 e. The summed E-state index contributed by atoms with van der Waals surface area (Å²) in [6.45, 7) is 2.69. The van der Waals surface area contributed by atoms with E-state index < -0.39 is 0 Å². The Morgan fingerprint density at radius 3 is 2.73 bits per heavy atom. The van der Waals surface area contributed by atoms with Crippen molar-refractivity contribution in [3.8, 4) is 0 Å². The zero-order valence-corrected chi connectivity index (χ0v) is 15.5. The molecule has 0 saturated heterocycles. The molecule has 0 aliphatic rings. The van der Waals surface area contributed by atoms with Crippen molar-refractivity contribution in [3.05, 3.63) is 75.7 Å². The van der Waals surface area contributed by atoms with Gasteiger partial charge in [-0.1, -0.05) is 37.3 Å². The van der Waals surface area contributed by atoms with Gasteiger partial charge in [0.1, 0.15) is 17.0 Å². The van der Waals surface area contributed by atoms with Gasteiger partial charge in [0.25, 0.3) is 5.56 Å². The maximum atomic E-state index is 12.8. The molecule has 0 amide bonds. The van der Waals surface area contributed by atoms with Crippen LogP contribution in [0, 0.1) is 0 Å². The third-order valence-corrected chi connectivity index (χ3v) is 5.87. The van der Waals surface area contributed by atoms with Gasteiger partial charge in [0.05, 0.1) is 11.7 Å². The van der Waals surface area contributed by atoms with Crippen molar-refractivity contribution in [1.82, 2.24) is 24.3 Å². The number of aromatic nitrogens is 5. The van der Waals surface area contributed by atoms with Crippen molar-refractivity contribution in [3.63, 3.8) is 0 Å². The summed E-state index contributed by atoms with van der Waals surface area (Å²) in [7, 11) is 1.85. The first kappa shape index (κ1) is 16.7. The first-order valence-electron chi connectivity index (χ1n) is 8.50. The van der Waals surface area contributed by atoms with E-state index >= 15 is 0 Å². The van der Waals surface area contributed by atoms with E-state index in [2.05, 4.69) is 34.1 Å². The average molecular weight is 365 g/mol. The fourth-order valence-electron chi connectivity index (χ4n) is 3.02. The molecule has 0 fully saturated rings. The summed E-state index contributed by atoms with van der Waals surface area (Å²) in [5.41, 5.74) is 1.24. The van der Waals surface area contributed by atoms with Crippen LogP contribution in [0.2, 0.25) is 0 Å². The molecule has 0 bridgehead atoms. The second kappa shape index (κ2) is 6.84. The minimum atomic E-state index is -0.0000648. The lowest BCUT2D eigenvalue weighted by Gasteiger charge is -2.08. The summed E-state index contributed by atoms with van der Waals surface area (Å²) >= 11 is 1.59. The molecular formula is C19H19N5OS. The third kappa shape index (κ3) is 3.06. The largest absolute Gasteiger partial charge is 0.298 e. The van der Waals surface area contributed by atoms with E-state index in [4.69, 9.17) is 0 Å². The van der Waals surface area contributed by atoms with Gasteiger partial charge in [-0.05, 0) is 11.6 Å². The summed E-state index contributed by atoms with van der Waals surface area (Å²) < 4.78 is 3.38. The molecule has 0 spiro atoms. The summed E-state index contributed by atoms with van der Waals surface area (Å²) in [6, 6.07) is 12.3. The van der Waals surface area contributed by atoms with Crippen molar-refractivity contribution in [2.75, 3.05) is 0 Å². The van der Waals surface area contributed by atoms with E-state index in [-0.39, 0.29) is 11.5 Å². The number of nitrogens with zero attached hydrogens (tertiary/aromatic N) is 5. The van der Waals surface area contributed by atoms with E-state index in [0.29, 0.717) is 18.4 Å². The summed E-state index contributed by atoms with van der Waals surface area (Å²) in [4.78, 5) is 23.5. The highest BCUT2D eigenvalue weighted by atomic mass is 32.1. The van der Waals surface area contributed by atoms with Crippen LogP contribution >= 0.6 is 11.3 Å². The minimum Gasteiger partial charge on any atom is -0.298 e. The Hall–Kier alpha value is -2.80. The van der Waals surface area contributed by atoms with E-state index in [1.807, 2.05) is 31.3 Å². The van der Waals surface area contributed by atoms with E-state index in [1.165, 1.54) is 11.9 Å². The lowest BCUT2D eigenvalue weighted by atomic mass is 10.00. The second-order valence-electron chi connectivity index (χ2n) is 6.29. The molecule has 1 atom stereocenters. The summed E-state index contributed by atoms with van der Waals surface area (Å²) in [5.74, 6) is 1.09. The molecule has 3 heterocycles. The normalized spacial score (nSPS) is 12.5. The van der Waals surface area contributed by atoms with Crippen LogP contribution in [0.3, 0.4) is 0 Å². The van der Waals surface area contributed by atoms with Gasteiger partial charge in [-0.15, -0.1) is 11.3 Å². The molecule has 7 heteroatoms. The van der Waals surface area contributed by atoms with Crippen LogP contribution in [0.1, 0.15) is 29.1 Å². The Bertz CT molecular complexity index is 1100. The third-order valence-electron chi connectivity index (χ3n) is 4.64. The molecule has 0 saturated carbocycles. The fourth-order valence-corrected chi connectivity index (χ4v) is 4.09. The zero-order valence-electron chi connectivity index (χ0n) is 14.7. The Labute approximate surface area is 154 Å². The second-order valence-corrected chi connectivity index (χ2v) is 7.36. The molecule has 6 nitrogen and oxygen atoms in total. The van der Waals surface area contributed by atoms with Crippen molar-refractivity contribution >= 4 is 21.6 Å². The van der Waals surface area contributed by atoms with Crippen molar-refractivity contribution in [2.45, 2.75) is 25.8 Å². The molecule has 26 heavy (non-hydrogen) atoms. The number of hydrogen-bond donors (Lipinski definition) is 0. The number of hydrogen-bond acceptors (Lipinski definition) is 5. The number of thiophene rings is 1. The van der Waals surface area contributed by atoms with E-state index in [9.17, 15) is 4.79 Å². The van der Waals surface area contributed by atoms with Crippen molar-refractivity contribution < 1.29 is 0 Å². The van der Waals surface area contributed by atoms with Crippen molar-refractivity contribution in [1.29, 1.82) is 0 Å². The van der Waals surface area contributed by atoms with Gasteiger partial charge in [-0.3, -0.25) is 14.0 Å². The molecule has 0 unspecified atom stereocenters. The van der Waals surface area contributed by atoms with Crippen LogP contribution in [0.5, 0.6) is 0 Å². The Morgan fingerprint density at radius 1 is 1.19 bits per heavy atom. The lowest BCUT2D eigenvalue weighted by Crippen LogP contribution is -2.21. The number of rotatable bonds is 5. The van der Waals surface area contributed by atoms with Gasteiger partial charge in [-0.25, -0.2) is 9.97 Å². The molecule has 0 radical (unpaired) electrons.